The summed E-state index contributed by atoms with van der Waals surface area (Å²) in [5.41, 5.74) is 0. The van der Waals surface area contributed by atoms with Crippen LogP contribution >= 0.6 is 0 Å². The molecule has 2 nitrogen and oxygen atoms in total. The first-order valence-corrected chi connectivity index (χ1v) is 5.59. The van der Waals surface area contributed by atoms with Gasteiger partial charge in [0.1, 0.15) is 0 Å². The Morgan fingerprint density at radius 3 is 2.54 bits per heavy atom. The third kappa shape index (κ3) is 3.65. The largest absolute Gasteiger partial charge is 0.396 e. The van der Waals surface area contributed by atoms with E-state index in [1.54, 1.807) is 0 Å². The second-order valence-corrected chi connectivity index (χ2v) is 4.44. The van der Waals surface area contributed by atoms with Crippen LogP contribution in [0.5, 0.6) is 0 Å². The zero-order chi connectivity index (χ0) is 9.68. The third-order valence-electron chi connectivity index (χ3n) is 3.07. The van der Waals surface area contributed by atoms with E-state index < -0.39 is 0 Å². The monoisotopic (exact) mass is 185 g/mol. The Labute approximate surface area is 81.9 Å². The van der Waals surface area contributed by atoms with E-state index in [-0.39, 0.29) is 0 Å². The normalized spacial score (nSPS) is 20.3. The highest BCUT2D eigenvalue weighted by molar-refractivity contribution is 4.74. The Morgan fingerprint density at radius 2 is 2.15 bits per heavy atom. The third-order valence-corrected chi connectivity index (χ3v) is 3.07. The van der Waals surface area contributed by atoms with Gasteiger partial charge >= 0.3 is 0 Å². The number of aliphatic hydroxyl groups is 1. The zero-order valence-corrected chi connectivity index (χ0v) is 9.00. The summed E-state index contributed by atoms with van der Waals surface area (Å²) in [6.45, 7) is 8.08. The van der Waals surface area contributed by atoms with Crippen molar-refractivity contribution in [2.24, 2.45) is 11.8 Å². The summed E-state index contributed by atoms with van der Waals surface area (Å²) >= 11 is 0. The molecule has 1 saturated carbocycles. The lowest BCUT2D eigenvalue weighted by molar-refractivity contribution is 0.139. The van der Waals surface area contributed by atoms with Gasteiger partial charge in [0.05, 0.1) is 0 Å². The molecular formula is C11H23NO. The number of hydrogen-bond donors (Lipinski definition) is 1. The number of aliphatic hydroxyl groups excluding tert-OH is 1. The van der Waals surface area contributed by atoms with Gasteiger partial charge in [-0.3, -0.25) is 0 Å². The highest BCUT2D eigenvalue weighted by Gasteiger charge is 2.20. The molecule has 1 aliphatic carbocycles. The molecule has 13 heavy (non-hydrogen) atoms. The van der Waals surface area contributed by atoms with E-state index in [2.05, 4.69) is 18.7 Å². The summed E-state index contributed by atoms with van der Waals surface area (Å²) in [4.78, 5) is 2.48. The fraction of sp³-hybridized carbons (Fsp3) is 1.00. The SMILES string of the molecule is CCN(CC(C)CO)CC1CCC1. The fourth-order valence-electron chi connectivity index (χ4n) is 1.87. The molecule has 0 aromatic carbocycles. The fourth-order valence-corrected chi connectivity index (χ4v) is 1.87. The van der Waals surface area contributed by atoms with Crippen molar-refractivity contribution in [1.29, 1.82) is 0 Å². The van der Waals surface area contributed by atoms with E-state index >= 15 is 0 Å². The van der Waals surface area contributed by atoms with Crippen LogP contribution in [0.1, 0.15) is 33.1 Å². The molecule has 1 fully saturated rings. The minimum Gasteiger partial charge on any atom is -0.396 e. The molecule has 0 aromatic heterocycles. The van der Waals surface area contributed by atoms with E-state index in [0.717, 1.165) is 19.0 Å². The highest BCUT2D eigenvalue weighted by atomic mass is 16.3. The summed E-state index contributed by atoms with van der Waals surface area (Å²) in [5, 5.41) is 8.96. The maximum atomic E-state index is 8.96. The standard InChI is InChI=1S/C11H23NO/c1-3-12(7-10(2)9-13)8-11-5-4-6-11/h10-11,13H,3-9H2,1-2H3. The van der Waals surface area contributed by atoms with Gasteiger partial charge in [-0.25, -0.2) is 0 Å². The summed E-state index contributed by atoms with van der Waals surface area (Å²) in [6, 6.07) is 0. The van der Waals surface area contributed by atoms with Crippen LogP contribution in [0.4, 0.5) is 0 Å². The van der Waals surface area contributed by atoms with Crippen LogP contribution in [-0.2, 0) is 0 Å². The van der Waals surface area contributed by atoms with Crippen molar-refractivity contribution in [2.45, 2.75) is 33.1 Å². The minimum absolute atomic E-state index is 0.321. The topological polar surface area (TPSA) is 23.5 Å². The van der Waals surface area contributed by atoms with Crippen molar-refractivity contribution in [1.82, 2.24) is 4.90 Å². The first-order valence-electron chi connectivity index (χ1n) is 5.59. The average Bonchev–Trinajstić information content (AvgIpc) is 2.08. The Kier molecular flexibility index (Phi) is 4.74. The molecule has 0 bridgehead atoms. The van der Waals surface area contributed by atoms with Gasteiger partial charge in [0, 0.05) is 19.7 Å². The molecule has 0 saturated heterocycles. The lowest BCUT2D eigenvalue weighted by Gasteiger charge is -2.32. The molecule has 1 aliphatic rings. The van der Waals surface area contributed by atoms with Crippen molar-refractivity contribution < 1.29 is 5.11 Å². The van der Waals surface area contributed by atoms with Gasteiger partial charge in [0.15, 0.2) is 0 Å². The van der Waals surface area contributed by atoms with Gasteiger partial charge in [-0.15, -0.1) is 0 Å². The number of rotatable bonds is 6. The van der Waals surface area contributed by atoms with Crippen LogP contribution in [0.2, 0.25) is 0 Å². The molecule has 0 spiro atoms. The number of hydrogen-bond acceptors (Lipinski definition) is 2. The smallest absolute Gasteiger partial charge is 0.0468 e. The van der Waals surface area contributed by atoms with Gasteiger partial charge in [0.2, 0.25) is 0 Å². The predicted molar refractivity (Wildman–Crippen MR) is 55.7 cm³/mol. The summed E-state index contributed by atoms with van der Waals surface area (Å²) in [5.74, 6) is 1.38. The van der Waals surface area contributed by atoms with E-state index in [9.17, 15) is 0 Å². The van der Waals surface area contributed by atoms with Crippen molar-refractivity contribution in [3.63, 3.8) is 0 Å². The highest BCUT2D eigenvalue weighted by Crippen LogP contribution is 2.27. The maximum Gasteiger partial charge on any atom is 0.0468 e. The van der Waals surface area contributed by atoms with E-state index in [0.29, 0.717) is 12.5 Å². The van der Waals surface area contributed by atoms with Gasteiger partial charge in [0.25, 0.3) is 0 Å². The Bertz CT molecular complexity index is 127. The summed E-state index contributed by atoms with van der Waals surface area (Å²) in [6.07, 6.45) is 4.27. The van der Waals surface area contributed by atoms with Gasteiger partial charge in [-0.2, -0.15) is 0 Å². The van der Waals surface area contributed by atoms with Crippen molar-refractivity contribution >= 4 is 0 Å². The zero-order valence-electron chi connectivity index (χ0n) is 9.00. The van der Waals surface area contributed by atoms with E-state index in [1.165, 1.54) is 25.8 Å². The first kappa shape index (κ1) is 11.0. The van der Waals surface area contributed by atoms with Gasteiger partial charge in [-0.05, 0) is 31.2 Å². The molecule has 2 heteroatoms. The van der Waals surface area contributed by atoms with Crippen molar-refractivity contribution in [2.75, 3.05) is 26.2 Å². The Balaban J connectivity index is 2.16. The molecule has 0 aliphatic heterocycles. The summed E-state index contributed by atoms with van der Waals surface area (Å²) in [7, 11) is 0. The van der Waals surface area contributed by atoms with E-state index in [4.69, 9.17) is 5.11 Å². The van der Waals surface area contributed by atoms with Crippen molar-refractivity contribution in [3.8, 4) is 0 Å². The molecule has 0 amide bonds. The average molecular weight is 185 g/mol. The predicted octanol–water partition coefficient (Wildman–Crippen LogP) is 1.74. The van der Waals surface area contributed by atoms with Crippen molar-refractivity contribution in [3.05, 3.63) is 0 Å². The van der Waals surface area contributed by atoms with Crippen LogP contribution in [-0.4, -0.2) is 36.2 Å². The molecule has 1 unspecified atom stereocenters. The molecule has 0 aromatic rings. The van der Waals surface area contributed by atoms with Crippen LogP contribution in [0.25, 0.3) is 0 Å². The molecule has 1 atom stereocenters. The van der Waals surface area contributed by atoms with Crippen LogP contribution in [0.15, 0.2) is 0 Å². The second kappa shape index (κ2) is 5.61. The number of nitrogens with zero attached hydrogens (tertiary/aromatic N) is 1. The molecule has 1 rings (SSSR count). The summed E-state index contributed by atoms with van der Waals surface area (Å²) < 4.78 is 0. The van der Waals surface area contributed by atoms with Crippen LogP contribution in [0, 0.1) is 11.8 Å². The van der Waals surface area contributed by atoms with E-state index in [1.807, 2.05) is 0 Å². The quantitative estimate of drug-likeness (QED) is 0.681. The second-order valence-electron chi connectivity index (χ2n) is 4.44. The lowest BCUT2D eigenvalue weighted by Crippen LogP contribution is -2.36. The Morgan fingerprint density at radius 1 is 1.46 bits per heavy atom. The Hall–Kier alpha value is -0.0800. The molecule has 1 N–H and O–H groups in total. The van der Waals surface area contributed by atoms with Gasteiger partial charge in [-0.1, -0.05) is 20.3 Å². The van der Waals surface area contributed by atoms with Crippen LogP contribution < -0.4 is 0 Å². The molecule has 78 valence electrons. The lowest BCUT2D eigenvalue weighted by atomic mass is 9.85. The molecule has 0 radical (unpaired) electrons. The molecular weight excluding hydrogens is 162 g/mol. The minimum atomic E-state index is 0.321. The van der Waals surface area contributed by atoms with Crippen LogP contribution in [0.3, 0.4) is 0 Å². The van der Waals surface area contributed by atoms with Gasteiger partial charge < -0.3 is 10.0 Å². The first-order chi connectivity index (χ1) is 6.26. The molecule has 0 heterocycles. The maximum absolute atomic E-state index is 8.96.